The first kappa shape index (κ1) is 8.35. The lowest BCUT2D eigenvalue weighted by molar-refractivity contribution is 0.319. The highest BCUT2D eigenvalue weighted by molar-refractivity contribution is 5.98. The molecule has 0 spiro atoms. The molecule has 0 saturated carbocycles. The van der Waals surface area contributed by atoms with Gasteiger partial charge in [0.15, 0.2) is 0 Å². The van der Waals surface area contributed by atoms with Crippen molar-refractivity contribution in [2.24, 2.45) is 5.16 Å². The SMILES string of the molecule is C/C(C#Cc1ccccc1)=N\O. The molecule has 0 heterocycles. The summed E-state index contributed by atoms with van der Waals surface area (Å²) in [6.07, 6.45) is 0. The zero-order valence-electron chi connectivity index (χ0n) is 6.78. The molecule has 1 aromatic rings. The van der Waals surface area contributed by atoms with E-state index in [1.165, 1.54) is 0 Å². The van der Waals surface area contributed by atoms with E-state index in [2.05, 4.69) is 17.0 Å². The van der Waals surface area contributed by atoms with Crippen molar-refractivity contribution in [3.05, 3.63) is 35.9 Å². The molecular weight excluding hydrogens is 150 g/mol. The first-order valence-corrected chi connectivity index (χ1v) is 3.58. The molecule has 0 saturated heterocycles. The predicted molar refractivity (Wildman–Crippen MR) is 48.2 cm³/mol. The summed E-state index contributed by atoms with van der Waals surface area (Å²) in [5.41, 5.74) is 1.33. The minimum Gasteiger partial charge on any atom is -0.410 e. The molecule has 12 heavy (non-hydrogen) atoms. The van der Waals surface area contributed by atoms with Gasteiger partial charge in [-0.3, -0.25) is 0 Å². The Kier molecular flexibility index (Phi) is 2.92. The number of hydrogen-bond acceptors (Lipinski definition) is 2. The molecular formula is C10H9NO. The van der Waals surface area contributed by atoms with Crippen LogP contribution < -0.4 is 0 Å². The third-order valence-corrected chi connectivity index (χ3v) is 1.31. The average Bonchev–Trinajstić information content (AvgIpc) is 2.16. The van der Waals surface area contributed by atoms with Crippen molar-refractivity contribution in [2.75, 3.05) is 0 Å². The Morgan fingerprint density at radius 3 is 2.58 bits per heavy atom. The number of hydrogen-bond donors (Lipinski definition) is 1. The standard InChI is InChI=1S/C10H9NO/c1-9(11-12)7-8-10-5-3-2-4-6-10/h2-6,12H,1H3/b11-9+. The fraction of sp³-hybridized carbons (Fsp3) is 0.100. The van der Waals surface area contributed by atoms with Gasteiger partial charge < -0.3 is 5.21 Å². The van der Waals surface area contributed by atoms with Gasteiger partial charge >= 0.3 is 0 Å². The molecule has 1 aromatic carbocycles. The van der Waals surface area contributed by atoms with E-state index in [1.54, 1.807) is 6.92 Å². The lowest BCUT2D eigenvalue weighted by atomic mass is 10.2. The molecule has 1 N–H and O–H groups in total. The van der Waals surface area contributed by atoms with E-state index in [9.17, 15) is 0 Å². The summed E-state index contributed by atoms with van der Waals surface area (Å²) in [7, 11) is 0. The molecule has 0 bridgehead atoms. The summed E-state index contributed by atoms with van der Waals surface area (Å²) >= 11 is 0. The second kappa shape index (κ2) is 4.20. The number of oxime groups is 1. The van der Waals surface area contributed by atoms with Crippen LogP contribution in [-0.2, 0) is 0 Å². The van der Waals surface area contributed by atoms with E-state index < -0.39 is 0 Å². The topological polar surface area (TPSA) is 32.6 Å². The molecule has 0 aromatic heterocycles. The molecule has 0 atom stereocenters. The summed E-state index contributed by atoms with van der Waals surface area (Å²) in [6.45, 7) is 1.65. The number of rotatable bonds is 0. The molecule has 0 amide bonds. The number of nitrogens with zero attached hydrogens (tertiary/aromatic N) is 1. The Balaban J connectivity index is 2.81. The van der Waals surface area contributed by atoms with Crippen LogP contribution >= 0.6 is 0 Å². The molecule has 60 valence electrons. The zero-order valence-corrected chi connectivity index (χ0v) is 6.78. The highest BCUT2D eigenvalue weighted by Crippen LogP contribution is 1.94. The Morgan fingerprint density at radius 1 is 1.33 bits per heavy atom. The van der Waals surface area contributed by atoms with Crippen molar-refractivity contribution in [1.82, 2.24) is 0 Å². The van der Waals surface area contributed by atoms with Crippen molar-refractivity contribution in [1.29, 1.82) is 0 Å². The van der Waals surface area contributed by atoms with Gasteiger partial charge in [0, 0.05) is 5.56 Å². The second-order valence-corrected chi connectivity index (χ2v) is 2.30. The molecule has 0 aliphatic heterocycles. The van der Waals surface area contributed by atoms with Crippen molar-refractivity contribution in [3.63, 3.8) is 0 Å². The quantitative estimate of drug-likeness (QED) is 0.266. The van der Waals surface area contributed by atoms with Gasteiger partial charge in [-0.05, 0) is 25.0 Å². The third-order valence-electron chi connectivity index (χ3n) is 1.31. The van der Waals surface area contributed by atoms with Gasteiger partial charge in [-0.15, -0.1) is 0 Å². The van der Waals surface area contributed by atoms with Gasteiger partial charge in [0.05, 0.1) is 0 Å². The largest absolute Gasteiger partial charge is 0.410 e. The Morgan fingerprint density at radius 2 is 2.00 bits per heavy atom. The van der Waals surface area contributed by atoms with E-state index in [0.29, 0.717) is 5.71 Å². The summed E-state index contributed by atoms with van der Waals surface area (Å²) < 4.78 is 0. The molecule has 0 radical (unpaired) electrons. The second-order valence-electron chi connectivity index (χ2n) is 2.30. The van der Waals surface area contributed by atoms with Crippen LogP contribution in [0.15, 0.2) is 35.5 Å². The Bertz CT molecular complexity index is 330. The zero-order chi connectivity index (χ0) is 8.81. The lowest BCUT2D eigenvalue weighted by Crippen LogP contribution is -1.83. The highest BCUT2D eigenvalue weighted by Gasteiger charge is 1.82. The maximum atomic E-state index is 8.30. The van der Waals surface area contributed by atoms with E-state index >= 15 is 0 Å². The fourth-order valence-electron chi connectivity index (χ4n) is 0.709. The molecule has 0 fully saturated rings. The van der Waals surface area contributed by atoms with Crippen LogP contribution in [0.25, 0.3) is 0 Å². The van der Waals surface area contributed by atoms with Crippen LogP contribution in [-0.4, -0.2) is 10.9 Å². The number of benzene rings is 1. The Hall–Kier alpha value is -1.75. The summed E-state index contributed by atoms with van der Waals surface area (Å²) in [5.74, 6) is 5.55. The molecule has 2 heteroatoms. The van der Waals surface area contributed by atoms with E-state index in [4.69, 9.17) is 5.21 Å². The minimum absolute atomic E-state index is 0.416. The van der Waals surface area contributed by atoms with E-state index in [-0.39, 0.29) is 0 Å². The van der Waals surface area contributed by atoms with Crippen molar-refractivity contribution < 1.29 is 5.21 Å². The monoisotopic (exact) mass is 159 g/mol. The van der Waals surface area contributed by atoms with Gasteiger partial charge in [0.1, 0.15) is 5.71 Å². The van der Waals surface area contributed by atoms with Gasteiger partial charge in [0.2, 0.25) is 0 Å². The van der Waals surface area contributed by atoms with Gasteiger partial charge in [-0.1, -0.05) is 29.3 Å². The van der Waals surface area contributed by atoms with Crippen LogP contribution in [0.5, 0.6) is 0 Å². The van der Waals surface area contributed by atoms with Crippen LogP contribution in [0.3, 0.4) is 0 Å². The Labute approximate surface area is 71.5 Å². The predicted octanol–water partition coefficient (Wildman–Crippen LogP) is 1.89. The van der Waals surface area contributed by atoms with Crippen molar-refractivity contribution in [3.8, 4) is 11.8 Å². The third kappa shape index (κ3) is 2.47. The van der Waals surface area contributed by atoms with Crippen LogP contribution in [0.4, 0.5) is 0 Å². The highest BCUT2D eigenvalue weighted by atomic mass is 16.4. The van der Waals surface area contributed by atoms with E-state index in [0.717, 1.165) is 5.56 Å². The molecule has 0 aliphatic rings. The van der Waals surface area contributed by atoms with Crippen molar-refractivity contribution >= 4 is 5.71 Å². The van der Waals surface area contributed by atoms with Crippen LogP contribution in [0.2, 0.25) is 0 Å². The average molecular weight is 159 g/mol. The fourth-order valence-corrected chi connectivity index (χ4v) is 0.709. The molecule has 0 aliphatic carbocycles. The van der Waals surface area contributed by atoms with Crippen LogP contribution in [0, 0.1) is 11.8 Å². The van der Waals surface area contributed by atoms with Gasteiger partial charge in [-0.2, -0.15) is 0 Å². The van der Waals surface area contributed by atoms with Crippen LogP contribution in [0.1, 0.15) is 12.5 Å². The first-order valence-electron chi connectivity index (χ1n) is 3.58. The summed E-state index contributed by atoms with van der Waals surface area (Å²) in [5, 5.41) is 11.2. The molecule has 1 rings (SSSR count). The maximum absolute atomic E-state index is 8.30. The van der Waals surface area contributed by atoms with Crippen molar-refractivity contribution in [2.45, 2.75) is 6.92 Å². The molecule has 0 unspecified atom stereocenters. The van der Waals surface area contributed by atoms with Gasteiger partial charge in [-0.25, -0.2) is 0 Å². The minimum atomic E-state index is 0.416. The first-order chi connectivity index (χ1) is 5.83. The maximum Gasteiger partial charge on any atom is 0.126 e. The van der Waals surface area contributed by atoms with Gasteiger partial charge in [0.25, 0.3) is 0 Å². The normalized spacial score (nSPS) is 10.2. The summed E-state index contributed by atoms with van der Waals surface area (Å²) in [4.78, 5) is 0. The van der Waals surface area contributed by atoms with E-state index in [1.807, 2.05) is 30.3 Å². The molecule has 2 nitrogen and oxygen atoms in total. The lowest BCUT2D eigenvalue weighted by Gasteiger charge is -1.85. The summed E-state index contributed by atoms with van der Waals surface area (Å²) in [6, 6.07) is 9.55. The smallest absolute Gasteiger partial charge is 0.126 e.